The van der Waals surface area contributed by atoms with Crippen LogP contribution in [0.4, 0.5) is 0 Å². The fourth-order valence-corrected chi connectivity index (χ4v) is 4.13. The zero-order chi connectivity index (χ0) is 12.3. The van der Waals surface area contributed by atoms with Crippen molar-refractivity contribution in [3.05, 3.63) is 60.7 Å². The van der Waals surface area contributed by atoms with Gasteiger partial charge in [0.15, 0.2) is 0 Å². The van der Waals surface area contributed by atoms with Crippen LogP contribution >= 0.6 is 0 Å². The van der Waals surface area contributed by atoms with E-state index in [2.05, 4.69) is 0 Å². The fraction of sp³-hybridized carbons (Fsp3) is 0.133. The number of hydrogen-bond acceptors (Lipinski definition) is 1. The summed E-state index contributed by atoms with van der Waals surface area (Å²) in [5.74, 6) is 0. The van der Waals surface area contributed by atoms with Crippen LogP contribution in [0.3, 0.4) is 0 Å². The van der Waals surface area contributed by atoms with Gasteiger partial charge in [0.2, 0.25) is 0 Å². The third-order valence-corrected chi connectivity index (χ3v) is 5.75. The Morgan fingerprint density at radius 3 is 1.41 bits per heavy atom. The molecule has 0 aliphatic carbocycles. The van der Waals surface area contributed by atoms with Gasteiger partial charge in [-0.2, -0.15) is 0 Å². The molecule has 0 spiro atoms. The second-order valence-electron chi connectivity index (χ2n) is 4.09. The van der Waals surface area contributed by atoms with E-state index in [0.717, 1.165) is 14.7 Å². The molecule has 0 bridgehead atoms. The lowest BCUT2D eigenvalue weighted by atomic mass is 10.4. The summed E-state index contributed by atoms with van der Waals surface area (Å²) in [5.41, 5.74) is 0. The smallest absolute Gasteiger partial charge is 0.0355 e. The summed E-state index contributed by atoms with van der Waals surface area (Å²) in [5, 5.41) is 0. The van der Waals surface area contributed by atoms with Crippen molar-refractivity contribution in [1.82, 2.24) is 0 Å². The topological polar surface area (TPSA) is 17.1 Å². The van der Waals surface area contributed by atoms with E-state index in [4.69, 9.17) is 0 Å². The fourth-order valence-electron chi connectivity index (χ4n) is 1.83. The normalized spacial score (nSPS) is 11.2. The Morgan fingerprint density at radius 1 is 0.765 bits per heavy atom. The monoisotopic (exact) mass is 244 g/mol. The van der Waals surface area contributed by atoms with Crippen molar-refractivity contribution in [2.75, 3.05) is 0 Å². The van der Waals surface area contributed by atoms with Crippen LogP contribution in [0, 0.1) is 0 Å². The second kappa shape index (κ2) is 4.76. The molecule has 88 valence electrons. The van der Waals surface area contributed by atoms with E-state index in [0.29, 0.717) is 0 Å². The highest BCUT2D eigenvalue weighted by Gasteiger charge is 2.14. The van der Waals surface area contributed by atoms with Gasteiger partial charge in [0.1, 0.15) is 0 Å². The van der Waals surface area contributed by atoms with Crippen LogP contribution in [-0.2, 0) is 9.52 Å². The average Bonchev–Trinajstić information content (AvgIpc) is 2.39. The Kier molecular flexibility index (Phi) is 3.34. The molecule has 0 N–H and O–H groups in total. The van der Waals surface area contributed by atoms with Crippen molar-refractivity contribution < 1.29 is 4.21 Å². The quantitative estimate of drug-likeness (QED) is 0.738. The third-order valence-electron chi connectivity index (χ3n) is 2.73. The summed E-state index contributed by atoms with van der Waals surface area (Å²) >= 11 is 0. The standard InChI is InChI=1S/C15H16OS/c1-13(2)17(16,14-9-5-3-6-10-14)15-11-7-4-8-12-15/h3-12H,1-2H3. The van der Waals surface area contributed by atoms with Crippen LogP contribution in [0.15, 0.2) is 70.5 Å². The summed E-state index contributed by atoms with van der Waals surface area (Å²) < 4.78 is 13.3. The van der Waals surface area contributed by atoms with Gasteiger partial charge in [0.05, 0.1) is 0 Å². The van der Waals surface area contributed by atoms with E-state index in [1.54, 1.807) is 0 Å². The van der Waals surface area contributed by atoms with Crippen LogP contribution < -0.4 is 0 Å². The van der Waals surface area contributed by atoms with E-state index < -0.39 is 9.52 Å². The van der Waals surface area contributed by atoms with E-state index in [-0.39, 0.29) is 0 Å². The highest BCUT2D eigenvalue weighted by Crippen LogP contribution is 2.22. The molecule has 2 rings (SSSR count). The van der Waals surface area contributed by atoms with Crippen molar-refractivity contribution in [3.63, 3.8) is 0 Å². The van der Waals surface area contributed by atoms with Gasteiger partial charge in [-0.15, -0.1) is 0 Å². The molecule has 0 saturated heterocycles. The molecule has 0 aromatic heterocycles. The molecular formula is C15H16OS. The lowest BCUT2D eigenvalue weighted by Gasteiger charge is -2.14. The first-order valence-corrected chi connectivity index (χ1v) is 7.16. The van der Waals surface area contributed by atoms with Crippen molar-refractivity contribution in [2.45, 2.75) is 23.6 Å². The Balaban J connectivity index is 2.75. The summed E-state index contributed by atoms with van der Waals surface area (Å²) in [7, 11) is -2.25. The average molecular weight is 244 g/mol. The molecule has 0 heterocycles. The molecular weight excluding hydrogens is 228 g/mol. The minimum Gasteiger partial charge on any atom is -0.258 e. The Bertz CT molecular complexity index is 556. The second-order valence-corrected chi connectivity index (χ2v) is 6.96. The lowest BCUT2D eigenvalue weighted by molar-refractivity contribution is 0.680. The van der Waals surface area contributed by atoms with E-state index in [1.807, 2.05) is 74.5 Å². The van der Waals surface area contributed by atoms with Crippen molar-refractivity contribution >= 4 is 14.4 Å². The number of benzene rings is 2. The molecule has 2 aromatic carbocycles. The maximum absolute atomic E-state index is 13.3. The van der Waals surface area contributed by atoms with Crippen LogP contribution in [0.5, 0.6) is 0 Å². The highest BCUT2D eigenvalue weighted by atomic mass is 32.2. The van der Waals surface area contributed by atoms with E-state index in [1.165, 1.54) is 0 Å². The minimum atomic E-state index is -2.25. The van der Waals surface area contributed by atoms with Crippen molar-refractivity contribution in [1.29, 1.82) is 0 Å². The summed E-state index contributed by atoms with van der Waals surface area (Å²) in [6.07, 6.45) is 0. The molecule has 0 saturated carbocycles. The van der Waals surface area contributed by atoms with Gasteiger partial charge in [-0.1, -0.05) is 36.4 Å². The van der Waals surface area contributed by atoms with Crippen LogP contribution in [-0.4, -0.2) is 9.07 Å². The third kappa shape index (κ3) is 2.13. The molecule has 0 atom stereocenters. The largest absolute Gasteiger partial charge is 0.258 e. The van der Waals surface area contributed by atoms with Crippen LogP contribution in [0.2, 0.25) is 0 Å². The zero-order valence-electron chi connectivity index (χ0n) is 10.1. The predicted molar refractivity (Wildman–Crippen MR) is 73.9 cm³/mol. The first-order chi connectivity index (χ1) is 8.15. The maximum Gasteiger partial charge on any atom is 0.0355 e. The highest BCUT2D eigenvalue weighted by molar-refractivity contribution is 8.02. The Morgan fingerprint density at radius 2 is 1.12 bits per heavy atom. The van der Waals surface area contributed by atoms with Gasteiger partial charge in [-0.05, 0) is 43.0 Å². The van der Waals surface area contributed by atoms with Crippen LogP contribution in [0.25, 0.3) is 0 Å². The SMILES string of the molecule is CC(C)=S(=O)(c1ccccc1)c1ccccc1. The van der Waals surface area contributed by atoms with Gasteiger partial charge in [0, 0.05) is 19.3 Å². The molecule has 0 amide bonds. The van der Waals surface area contributed by atoms with E-state index in [9.17, 15) is 4.21 Å². The predicted octanol–water partition coefficient (Wildman–Crippen LogP) is 3.60. The molecule has 0 radical (unpaired) electrons. The minimum absolute atomic E-state index is 0.881. The van der Waals surface area contributed by atoms with Gasteiger partial charge in [0.25, 0.3) is 0 Å². The van der Waals surface area contributed by atoms with Gasteiger partial charge in [-0.25, -0.2) is 0 Å². The van der Waals surface area contributed by atoms with Gasteiger partial charge in [-0.3, -0.25) is 4.21 Å². The first kappa shape index (κ1) is 11.9. The van der Waals surface area contributed by atoms with Crippen molar-refractivity contribution in [2.24, 2.45) is 0 Å². The van der Waals surface area contributed by atoms with Crippen molar-refractivity contribution in [3.8, 4) is 0 Å². The lowest BCUT2D eigenvalue weighted by Crippen LogP contribution is -2.10. The summed E-state index contributed by atoms with van der Waals surface area (Å²) in [6.45, 7) is 3.87. The number of rotatable bonds is 2. The first-order valence-electron chi connectivity index (χ1n) is 5.60. The molecule has 0 aliphatic rings. The van der Waals surface area contributed by atoms with E-state index >= 15 is 0 Å². The van der Waals surface area contributed by atoms with Gasteiger partial charge >= 0.3 is 0 Å². The molecule has 0 aliphatic heterocycles. The Labute approximate surface area is 103 Å². The Hall–Kier alpha value is -1.54. The summed E-state index contributed by atoms with van der Waals surface area (Å²) in [4.78, 5) is 2.70. The molecule has 2 aromatic rings. The molecule has 0 fully saturated rings. The molecule has 0 unspecified atom stereocenters. The van der Waals surface area contributed by atoms with Crippen LogP contribution in [0.1, 0.15) is 13.8 Å². The zero-order valence-corrected chi connectivity index (χ0v) is 10.9. The molecule has 2 heteroatoms. The number of hydrogen-bond donors (Lipinski definition) is 0. The molecule has 1 nitrogen and oxygen atoms in total. The molecule has 17 heavy (non-hydrogen) atoms. The van der Waals surface area contributed by atoms with Gasteiger partial charge < -0.3 is 0 Å². The maximum atomic E-state index is 13.3. The summed E-state index contributed by atoms with van der Waals surface area (Å²) in [6, 6.07) is 19.3.